The molecule has 0 radical (unpaired) electrons. The number of nitrogens with one attached hydrogen (secondary N) is 1. The Morgan fingerprint density at radius 2 is 1.81 bits per heavy atom. The summed E-state index contributed by atoms with van der Waals surface area (Å²) < 4.78 is 106. The second-order valence-electron chi connectivity index (χ2n) is 8.99. The summed E-state index contributed by atoms with van der Waals surface area (Å²) in [5.74, 6) is -8.22. The third kappa shape index (κ3) is 3.67. The van der Waals surface area contributed by atoms with Crippen LogP contribution in [-0.2, 0) is 9.53 Å². The normalized spacial score (nSPS) is 29.1. The number of carbonyl (C=O) groups is 2. The molecular formula is C23H19F7N2O4. The number of primary amides is 1. The standard InChI is InChI=1S/C23H19F7N2O4/c1-21-13(11-6-7-12(24)14(25)15(11)36-20(26)27)16(35-19(21)22(21,2)23(28,29)30)18(34)32-10-5-3-4-9(8-10)17(31)33/h3-8,13,16,19-20H,1-2H3,(H2,31,33)(H,32,34)/t13-,16+,19?,21?,22+/m0/s1. The summed E-state index contributed by atoms with van der Waals surface area (Å²) in [7, 11) is 0. The third-order valence-corrected chi connectivity index (χ3v) is 7.22. The van der Waals surface area contributed by atoms with Gasteiger partial charge in [0.25, 0.3) is 5.91 Å². The van der Waals surface area contributed by atoms with Crippen molar-refractivity contribution in [1.82, 2.24) is 0 Å². The van der Waals surface area contributed by atoms with E-state index in [0.717, 1.165) is 19.9 Å². The van der Waals surface area contributed by atoms with Gasteiger partial charge in [-0.2, -0.15) is 26.3 Å². The zero-order valence-electron chi connectivity index (χ0n) is 18.6. The molecule has 2 fully saturated rings. The zero-order chi connectivity index (χ0) is 26.8. The summed E-state index contributed by atoms with van der Waals surface area (Å²) in [5, 5.41) is 2.38. The molecule has 4 rings (SSSR count). The molecule has 2 aliphatic rings. The molecule has 1 saturated carbocycles. The van der Waals surface area contributed by atoms with Crippen molar-refractivity contribution in [3.63, 3.8) is 0 Å². The van der Waals surface area contributed by atoms with Crippen LogP contribution >= 0.6 is 0 Å². The zero-order valence-corrected chi connectivity index (χ0v) is 18.6. The summed E-state index contributed by atoms with van der Waals surface area (Å²) in [6.07, 6.45) is -8.18. The molecule has 0 bridgehead atoms. The fraction of sp³-hybridized carbons (Fsp3) is 0.391. The first-order valence-corrected chi connectivity index (χ1v) is 10.5. The Morgan fingerprint density at radius 1 is 1.14 bits per heavy atom. The SMILES string of the molecule is CC12C(O[C@@H](C(=O)Nc3cccc(C(N)=O)c3)[C@@H]1c1ccc(F)c(F)c1OC(F)F)[C@@]2(C)C(F)(F)F. The lowest BCUT2D eigenvalue weighted by molar-refractivity contribution is -0.212. The van der Waals surface area contributed by atoms with Crippen molar-refractivity contribution >= 4 is 17.5 Å². The molecule has 0 aromatic heterocycles. The van der Waals surface area contributed by atoms with Gasteiger partial charge < -0.3 is 20.5 Å². The van der Waals surface area contributed by atoms with E-state index in [4.69, 9.17) is 10.5 Å². The number of ether oxygens (including phenoxy) is 2. The van der Waals surface area contributed by atoms with E-state index in [1.165, 1.54) is 24.3 Å². The molecule has 2 aromatic carbocycles. The number of carbonyl (C=O) groups excluding carboxylic acids is 2. The van der Waals surface area contributed by atoms with Crippen molar-refractivity contribution in [1.29, 1.82) is 0 Å². The van der Waals surface area contributed by atoms with Gasteiger partial charge in [0.05, 0.1) is 11.5 Å². The number of alkyl halides is 5. The van der Waals surface area contributed by atoms with E-state index >= 15 is 0 Å². The van der Waals surface area contributed by atoms with Gasteiger partial charge in [0, 0.05) is 28.1 Å². The van der Waals surface area contributed by atoms with Crippen LogP contribution in [0.3, 0.4) is 0 Å². The van der Waals surface area contributed by atoms with Gasteiger partial charge in [0.1, 0.15) is 6.10 Å². The molecule has 1 heterocycles. The summed E-state index contributed by atoms with van der Waals surface area (Å²) in [6, 6.07) is 6.63. The van der Waals surface area contributed by atoms with Crippen molar-refractivity contribution in [3.05, 3.63) is 59.2 Å². The quantitative estimate of drug-likeness (QED) is 0.539. The van der Waals surface area contributed by atoms with E-state index in [9.17, 15) is 40.3 Å². The number of fused-ring (bicyclic) bond motifs is 1. The lowest BCUT2D eigenvalue weighted by Crippen LogP contribution is -2.42. The average Bonchev–Trinajstić information content (AvgIpc) is 3.09. The van der Waals surface area contributed by atoms with Crippen LogP contribution in [0, 0.1) is 22.5 Å². The van der Waals surface area contributed by atoms with E-state index in [0.29, 0.717) is 6.07 Å². The third-order valence-electron chi connectivity index (χ3n) is 7.22. The highest BCUT2D eigenvalue weighted by Gasteiger charge is 2.89. The van der Waals surface area contributed by atoms with Gasteiger partial charge in [0.15, 0.2) is 11.6 Å². The van der Waals surface area contributed by atoms with Crippen LogP contribution in [-0.4, -0.2) is 36.8 Å². The first kappa shape index (κ1) is 25.7. The topological polar surface area (TPSA) is 90.6 Å². The lowest BCUT2D eigenvalue weighted by Gasteiger charge is -2.33. The predicted octanol–water partition coefficient (Wildman–Crippen LogP) is 4.74. The van der Waals surface area contributed by atoms with Gasteiger partial charge in [-0.25, -0.2) is 4.39 Å². The van der Waals surface area contributed by atoms with Crippen LogP contribution in [0.15, 0.2) is 36.4 Å². The molecule has 3 N–H and O–H groups in total. The first-order valence-electron chi connectivity index (χ1n) is 10.5. The minimum Gasteiger partial charge on any atom is -0.431 e. The van der Waals surface area contributed by atoms with Gasteiger partial charge in [-0.1, -0.05) is 19.1 Å². The monoisotopic (exact) mass is 520 g/mol. The number of nitrogens with two attached hydrogens (primary N) is 1. The maximum atomic E-state index is 14.5. The Bertz CT molecular complexity index is 1240. The largest absolute Gasteiger partial charge is 0.431 e. The van der Waals surface area contributed by atoms with E-state index in [1.807, 2.05) is 0 Å². The van der Waals surface area contributed by atoms with Crippen LogP contribution in [0.5, 0.6) is 5.75 Å². The van der Waals surface area contributed by atoms with Gasteiger partial charge in [-0.3, -0.25) is 9.59 Å². The maximum Gasteiger partial charge on any atom is 0.397 e. The molecule has 1 aliphatic carbocycles. The number of rotatable bonds is 6. The van der Waals surface area contributed by atoms with Crippen LogP contribution in [0.25, 0.3) is 0 Å². The van der Waals surface area contributed by atoms with Gasteiger partial charge >= 0.3 is 12.8 Å². The fourth-order valence-electron chi connectivity index (χ4n) is 5.20. The van der Waals surface area contributed by atoms with Gasteiger partial charge in [-0.15, -0.1) is 0 Å². The minimum absolute atomic E-state index is 0.0179. The van der Waals surface area contributed by atoms with E-state index < -0.39 is 76.5 Å². The van der Waals surface area contributed by atoms with Crippen LogP contribution in [0.4, 0.5) is 36.4 Å². The summed E-state index contributed by atoms with van der Waals surface area (Å²) in [4.78, 5) is 24.6. The highest BCUT2D eigenvalue weighted by Crippen LogP contribution is 2.81. The van der Waals surface area contributed by atoms with Crippen molar-refractivity contribution in [2.24, 2.45) is 16.6 Å². The molecule has 0 spiro atoms. The Hall–Kier alpha value is -3.35. The Labute approximate surface area is 199 Å². The maximum absolute atomic E-state index is 14.5. The second kappa shape index (κ2) is 8.36. The fourth-order valence-corrected chi connectivity index (χ4v) is 5.20. The number of halogens is 7. The molecule has 1 aliphatic heterocycles. The second-order valence-corrected chi connectivity index (χ2v) is 8.99. The minimum atomic E-state index is -4.84. The lowest BCUT2D eigenvalue weighted by atomic mass is 9.75. The molecule has 13 heteroatoms. The van der Waals surface area contributed by atoms with Crippen molar-refractivity contribution in [2.75, 3.05) is 5.32 Å². The van der Waals surface area contributed by atoms with Gasteiger partial charge in [-0.05, 0) is 31.2 Å². The van der Waals surface area contributed by atoms with E-state index in [1.54, 1.807) is 0 Å². The number of hydrogen-bond acceptors (Lipinski definition) is 4. The van der Waals surface area contributed by atoms with Crippen molar-refractivity contribution in [2.45, 2.75) is 44.8 Å². The first-order chi connectivity index (χ1) is 16.6. The molecule has 5 atom stereocenters. The highest BCUT2D eigenvalue weighted by molar-refractivity contribution is 5.98. The number of benzene rings is 2. The van der Waals surface area contributed by atoms with Crippen LogP contribution in [0.2, 0.25) is 0 Å². The Kier molecular flexibility index (Phi) is 5.97. The smallest absolute Gasteiger partial charge is 0.397 e. The Balaban J connectivity index is 1.80. The molecule has 2 unspecified atom stereocenters. The van der Waals surface area contributed by atoms with Crippen molar-refractivity contribution in [3.8, 4) is 5.75 Å². The van der Waals surface area contributed by atoms with Crippen LogP contribution < -0.4 is 15.8 Å². The molecule has 1 saturated heterocycles. The van der Waals surface area contributed by atoms with E-state index in [-0.39, 0.29) is 11.3 Å². The summed E-state index contributed by atoms with van der Waals surface area (Å²) in [5.41, 5.74) is 0.225. The number of hydrogen-bond donors (Lipinski definition) is 2. The molecule has 2 aromatic rings. The molecule has 36 heavy (non-hydrogen) atoms. The molecule has 2 amide bonds. The number of amides is 2. The van der Waals surface area contributed by atoms with Crippen LogP contribution in [0.1, 0.15) is 35.7 Å². The van der Waals surface area contributed by atoms with Crippen molar-refractivity contribution < 1.29 is 49.8 Å². The predicted molar refractivity (Wildman–Crippen MR) is 110 cm³/mol. The summed E-state index contributed by atoms with van der Waals surface area (Å²) in [6.45, 7) is -1.67. The number of anilines is 1. The van der Waals surface area contributed by atoms with E-state index in [2.05, 4.69) is 10.1 Å². The molecule has 6 nitrogen and oxygen atoms in total. The summed E-state index contributed by atoms with van der Waals surface area (Å²) >= 11 is 0. The Morgan fingerprint density at radius 3 is 2.39 bits per heavy atom. The highest BCUT2D eigenvalue weighted by atomic mass is 19.4. The molecule has 194 valence electrons. The van der Waals surface area contributed by atoms with Gasteiger partial charge in [0.2, 0.25) is 11.7 Å². The molecular weight excluding hydrogens is 501 g/mol. The average molecular weight is 520 g/mol.